The van der Waals surface area contributed by atoms with Crippen LogP contribution in [0.2, 0.25) is 0 Å². The lowest BCUT2D eigenvalue weighted by atomic mass is 10.2. The van der Waals surface area contributed by atoms with Gasteiger partial charge in [0.1, 0.15) is 5.52 Å². The van der Waals surface area contributed by atoms with Crippen molar-refractivity contribution in [3.8, 4) is 0 Å². The van der Waals surface area contributed by atoms with Gasteiger partial charge in [0.25, 0.3) is 0 Å². The molecule has 8 nitrogen and oxygen atoms in total. The Kier molecular flexibility index (Phi) is 3.01. The largest absolute Gasteiger partial charge is 0.478 e. The van der Waals surface area contributed by atoms with Crippen LogP contribution >= 0.6 is 0 Å². The summed E-state index contributed by atoms with van der Waals surface area (Å²) in [5.74, 6) is -1.32. The van der Waals surface area contributed by atoms with E-state index < -0.39 is 16.0 Å². The van der Waals surface area contributed by atoms with E-state index in [0.29, 0.717) is 11.0 Å². The molecule has 0 atom stereocenters. The van der Waals surface area contributed by atoms with E-state index >= 15 is 0 Å². The van der Waals surface area contributed by atoms with E-state index in [2.05, 4.69) is 10.3 Å². The number of nitrogens with two attached hydrogens (primary N) is 1. The number of carbonyl (C=O) groups is 1. The number of fused-ring (bicyclic) bond motifs is 1. The number of primary sulfonamides is 1. The minimum absolute atomic E-state index is 0.0712. The number of rotatable bonds is 4. The van der Waals surface area contributed by atoms with Gasteiger partial charge in [0.2, 0.25) is 10.0 Å². The van der Waals surface area contributed by atoms with Crippen molar-refractivity contribution in [3.63, 3.8) is 0 Å². The topological polar surface area (TPSA) is 128 Å². The Hall–Kier alpha value is -2.00. The summed E-state index contributed by atoms with van der Waals surface area (Å²) in [6.45, 7) is 0.0712. The van der Waals surface area contributed by atoms with E-state index in [-0.39, 0.29) is 17.9 Å². The molecule has 0 aliphatic heterocycles. The number of aromatic nitrogens is 3. The molecular weight excluding hydrogens is 260 g/mol. The highest BCUT2D eigenvalue weighted by Gasteiger charge is 2.10. The van der Waals surface area contributed by atoms with Gasteiger partial charge in [-0.1, -0.05) is 5.21 Å². The van der Waals surface area contributed by atoms with Gasteiger partial charge in [0, 0.05) is 0 Å². The number of hydrogen-bond donors (Lipinski definition) is 2. The van der Waals surface area contributed by atoms with Gasteiger partial charge in [-0.2, -0.15) is 0 Å². The highest BCUT2D eigenvalue weighted by molar-refractivity contribution is 7.89. The second-order valence-electron chi connectivity index (χ2n) is 3.69. The third kappa shape index (κ3) is 2.63. The molecule has 0 bridgehead atoms. The zero-order chi connectivity index (χ0) is 13.3. The van der Waals surface area contributed by atoms with Crippen LogP contribution in [0.5, 0.6) is 0 Å². The number of carboxylic acid groups (broad SMARTS) is 1. The number of nitrogens with zero attached hydrogens (tertiary/aromatic N) is 3. The Morgan fingerprint density at radius 3 is 2.78 bits per heavy atom. The van der Waals surface area contributed by atoms with Gasteiger partial charge in [-0.15, -0.1) is 5.10 Å². The van der Waals surface area contributed by atoms with Gasteiger partial charge in [0.05, 0.1) is 23.4 Å². The van der Waals surface area contributed by atoms with Gasteiger partial charge in [-0.3, -0.25) is 0 Å². The van der Waals surface area contributed by atoms with Crippen molar-refractivity contribution < 1.29 is 18.3 Å². The van der Waals surface area contributed by atoms with Crippen LogP contribution in [0, 0.1) is 0 Å². The molecule has 2 rings (SSSR count). The molecule has 0 aliphatic carbocycles. The molecular formula is C9H10N4O4S. The lowest BCUT2D eigenvalue weighted by Crippen LogP contribution is -2.20. The number of benzene rings is 1. The minimum Gasteiger partial charge on any atom is -0.478 e. The summed E-state index contributed by atoms with van der Waals surface area (Å²) in [6, 6.07) is 4.31. The molecule has 18 heavy (non-hydrogen) atoms. The molecule has 1 aromatic heterocycles. The number of sulfonamides is 1. The fourth-order valence-corrected chi connectivity index (χ4v) is 1.91. The van der Waals surface area contributed by atoms with E-state index in [0.717, 1.165) is 0 Å². The predicted octanol–water partition coefficient (Wildman–Crippen LogP) is -0.582. The normalized spacial score (nSPS) is 11.8. The maximum atomic E-state index is 10.8. The number of aryl methyl sites for hydroxylation is 1. The Balaban J connectivity index is 2.34. The summed E-state index contributed by atoms with van der Waals surface area (Å²) in [5.41, 5.74) is 1.05. The molecule has 0 spiro atoms. The van der Waals surface area contributed by atoms with Crippen LogP contribution in [0.3, 0.4) is 0 Å². The molecule has 0 unspecified atom stereocenters. The smallest absolute Gasteiger partial charge is 0.335 e. The summed E-state index contributed by atoms with van der Waals surface area (Å²) < 4.78 is 23.1. The molecule has 3 N–H and O–H groups in total. The SMILES string of the molecule is NS(=O)(=O)CCn1nnc2cc(C(=O)O)ccc21. The standard InChI is InChI=1S/C9H10N4O4S/c10-18(16,17)4-3-13-8-2-1-6(9(14)15)5-7(8)11-12-13/h1-2,5H,3-4H2,(H,14,15)(H2,10,16,17). The molecule has 96 valence electrons. The quantitative estimate of drug-likeness (QED) is 0.764. The fraction of sp³-hybridized carbons (Fsp3) is 0.222. The Morgan fingerprint density at radius 2 is 2.17 bits per heavy atom. The minimum atomic E-state index is -3.57. The zero-order valence-corrected chi connectivity index (χ0v) is 9.96. The molecule has 0 amide bonds. The van der Waals surface area contributed by atoms with E-state index in [1.165, 1.54) is 22.9 Å². The van der Waals surface area contributed by atoms with E-state index in [4.69, 9.17) is 10.2 Å². The maximum Gasteiger partial charge on any atom is 0.335 e. The molecule has 0 saturated carbocycles. The number of hydrogen-bond acceptors (Lipinski definition) is 5. The van der Waals surface area contributed by atoms with Gasteiger partial charge >= 0.3 is 5.97 Å². The summed E-state index contributed by atoms with van der Waals surface area (Å²) in [4.78, 5) is 10.8. The summed E-state index contributed by atoms with van der Waals surface area (Å²) in [7, 11) is -3.57. The van der Waals surface area contributed by atoms with Gasteiger partial charge in [-0.05, 0) is 18.2 Å². The van der Waals surface area contributed by atoms with Gasteiger partial charge in [-0.25, -0.2) is 23.0 Å². The van der Waals surface area contributed by atoms with Crippen molar-refractivity contribution in [2.75, 3.05) is 5.75 Å². The van der Waals surface area contributed by atoms with Crippen LogP contribution in [0.15, 0.2) is 18.2 Å². The highest BCUT2D eigenvalue weighted by Crippen LogP contribution is 2.13. The Morgan fingerprint density at radius 1 is 1.44 bits per heavy atom. The number of carboxylic acids is 1. The van der Waals surface area contributed by atoms with Crippen molar-refractivity contribution in [2.24, 2.45) is 5.14 Å². The molecule has 9 heteroatoms. The van der Waals surface area contributed by atoms with Crippen molar-refractivity contribution in [1.29, 1.82) is 0 Å². The average molecular weight is 270 g/mol. The maximum absolute atomic E-state index is 10.8. The van der Waals surface area contributed by atoms with Crippen LogP contribution in [0.25, 0.3) is 11.0 Å². The van der Waals surface area contributed by atoms with E-state index in [1.54, 1.807) is 0 Å². The Labute approximate surface area is 102 Å². The van der Waals surface area contributed by atoms with Crippen LogP contribution in [0.1, 0.15) is 10.4 Å². The Bertz CT molecular complexity index is 706. The molecule has 1 heterocycles. The first-order chi connectivity index (χ1) is 8.37. The molecule has 0 radical (unpaired) electrons. The lowest BCUT2D eigenvalue weighted by Gasteiger charge is -2.00. The first-order valence-corrected chi connectivity index (χ1v) is 6.65. The zero-order valence-electron chi connectivity index (χ0n) is 9.15. The highest BCUT2D eigenvalue weighted by atomic mass is 32.2. The molecule has 0 aliphatic rings. The molecule has 0 saturated heterocycles. The van der Waals surface area contributed by atoms with Crippen LogP contribution in [-0.4, -0.2) is 40.2 Å². The van der Waals surface area contributed by atoms with E-state index in [1.807, 2.05) is 0 Å². The first kappa shape index (κ1) is 12.5. The van der Waals surface area contributed by atoms with E-state index in [9.17, 15) is 13.2 Å². The third-order valence-corrected chi connectivity index (χ3v) is 3.10. The van der Waals surface area contributed by atoms with Crippen LogP contribution in [-0.2, 0) is 16.6 Å². The van der Waals surface area contributed by atoms with Crippen molar-refractivity contribution in [3.05, 3.63) is 23.8 Å². The molecule has 1 aromatic carbocycles. The fourth-order valence-electron chi connectivity index (χ4n) is 1.48. The third-order valence-electron chi connectivity index (χ3n) is 2.35. The summed E-state index contributed by atoms with van der Waals surface area (Å²) >= 11 is 0. The average Bonchev–Trinajstić information content (AvgIpc) is 2.67. The van der Waals surface area contributed by atoms with Crippen molar-refractivity contribution in [2.45, 2.75) is 6.54 Å². The second-order valence-corrected chi connectivity index (χ2v) is 5.42. The van der Waals surface area contributed by atoms with Crippen LogP contribution < -0.4 is 5.14 Å². The van der Waals surface area contributed by atoms with Crippen LogP contribution in [0.4, 0.5) is 0 Å². The van der Waals surface area contributed by atoms with Crippen molar-refractivity contribution in [1.82, 2.24) is 15.0 Å². The molecule has 2 aromatic rings. The van der Waals surface area contributed by atoms with Gasteiger partial charge < -0.3 is 5.11 Å². The molecule has 0 fully saturated rings. The predicted molar refractivity (Wildman–Crippen MR) is 62.5 cm³/mol. The second kappa shape index (κ2) is 4.35. The summed E-state index contributed by atoms with van der Waals surface area (Å²) in [6.07, 6.45) is 0. The van der Waals surface area contributed by atoms with Gasteiger partial charge in [0.15, 0.2) is 0 Å². The number of aromatic carboxylic acids is 1. The summed E-state index contributed by atoms with van der Waals surface area (Å²) in [5, 5.41) is 21.2. The van der Waals surface area contributed by atoms with Crippen molar-refractivity contribution >= 4 is 27.0 Å². The monoisotopic (exact) mass is 270 g/mol. The lowest BCUT2D eigenvalue weighted by molar-refractivity contribution is 0.0697. The first-order valence-electron chi connectivity index (χ1n) is 4.94.